The maximum Gasteiger partial charge on any atom is 0.110 e. The van der Waals surface area contributed by atoms with Crippen molar-refractivity contribution in [2.75, 3.05) is 6.61 Å². The Morgan fingerprint density at radius 3 is 2.74 bits per heavy atom. The van der Waals surface area contributed by atoms with Crippen molar-refractivity contribution in [2.24, 2.45) is 0 Å². The molecular weight excluding hydrogens is 248 g/mol. The van der Waals surface area contributed by atoms with E-state index < -0.39 is 18.3 Å². The molecular formula is C14H18O5. The molecule has 4 atom stereocenters. The van der Waals surface area contributed by atoms with E-state index in [0.717, 1.165) is 11.1 Å². The van der Waals surface area contributed by atoms with E-state index >= 15 is 0 Å². The Kier molecular flexibility index (Phi) is 3.56. The van der Waals surface area contributed by atoms with Crippen molar-refractivity contribution < 1.29 is 24.8 Å². The van der Waals surface area contributed by atoms with Crippen LogP contribution in [0, 0.1) is 0 Å². The number of benzene rings is 1. The summed E-state index contributed by atoms with van der Waals surface area (Å²) in [5, 5.41) is 28.7. The van der Waals surface area contributed by atoms with Gasteiger partial charge in [0, 0.05) is 6.42 Å². The van der Waals surface area contributed by atoms with Gasteiger partial charge in [0.25, 0.3) is 0 Å². The van der Waals surface area contributed by atoms with Gasteiger partial charge in [0.1, 0.15) is 12.2 Å². The molecule has 104 valence electrons. The van der Waals surface area contributed by atoms with Gasteiger partial charge in [0.05, 0.1) is 32.0 Å². The summed E-state index contributed by atoms with van der Waals surface area (Å²) in [7, 11) is 0. The molecule has 0 spiro atoms. The summed E-state index contributed by atoms with van der Waals surface area (Å²) in [6.07, 6.45) is -2.61. The summed E-state index contributed by atoms with van der Waals surface area (Å²) in [4.78, 5) is 0. The normalized spacial score (nSPS) is 34.3. The van der Waals surface area contributed by atoms with Gasteiger partial charge in [-0.1, -0.05) is 18.2 Å². The molecule has 1 aromatic rings. The molecule has 5 heteroatoms. The quantitative estimate of drug-likeness (QED) is 0.715. The highest BCUT2D eigenvalue weighted by Gasteiger charge is 2.37. The van der Waals surface area contributed by atoms with Crippen LogP contribution in [0.3, 0.4) is 0 Å². The largest absolute Gasteiger partial charge is 0.394 e. The minimum atomic E-state index is -1.03. The second-order valence-corrected chi connectivity index (χ2v) is 5.16. The van der Waals surface area contributed by atoms with Gasteiger partial charge in [0.2, 0.25) is 0 Å². The first-order chi connectivity index (χ1) is 9.19. The predicted molar refractivity (Wildman–Crippen MR) is 66.3 cm³/mol. The summed E-state index contributed by atoms with van der Waals surface area (Å²) in [6, 6.07) is 5.98. The summed E-state index contributed by atoms with van der Waals surface area (Å²) in [6.45, 7) is 0.940. The fourth-order valence-electron chi connectivity index (χ4n) is 2.71. The lowest BCUT2D eigenvalue weighted by molar-refractivity contribution is -0.181. The maximum atomic E-state index is 9.84. The van der Waals surface area contributed by atoms with Crippen molar-refractivity contribution in [3.63, 3.8) is 0 Å². The minimum absolute atomic E-state index is 0.303. The molecule has 1 aromatic carbocycles. The molecule has 5 nitrogen and oxygen atoms in total. The maximum absolute atomic E-state index is 9.84. The van der Waals surface area contributed by atoms with Crippen molar-refractivity contribution in [1.82, 2.24) is 0 Å². The molecule has 0 amide bonds. The predicted octanol–water partition coefficient (Wildman–Crippen LogP) is 0.261. The number of hydrogen-bond donors (Lipinski definition) is 3. The first kappa shape index (κ1) is 13.0. The molecule has 3 rings (SSSR count). The number of ether oxygens (including phenoxy) is 2. The summed E-state index contributed by atoms with van der Waals surface area (Å²) >= 11 is 0. The van der Waals surface area contributed by atoms with E-state index in [4.69, 9.17) is 9.47 Å². The van der Waals surface area contributed by atoms with Crippen LogP contribution in [0.25, 0.3) is 0 Å². The molecule has 2 aliphatic rings. The van der Waals surface area contributed by atoms with Gasteiger partial charge in [-0.2, -0.15) is 0 Å². The molecule has 0 aliphatic carbocycles. The van der Waals surface area contributed by atoms with Crippen LogP contribution in [-0.2, 0) is 22.7 Å². The number of fused-ring (bicyclic) bond motifs is 1. The Labute approximate surface area is 111 Å². The Morgan fingerprint density at radius 2 is 1.95 bits per heavy atom. The lowest BCUT2D eigenvalue weighted by atomic mass is 9.92. The topological polar surface area (TPSA) is 79.2 Å². The molecule has 2 heterocycles. The average molecular weight is 266 g/mol. The molecule has 0 bridgehead atoms. The van der Waals surface area contributed by atoms with Gasteiger partial charge < -0.3 is 24.8 Å². The molecule has 1 saturated heterocycles. The van der Waals surface area contributed by atoms with E-state index in [2.05, 4.69) is 0 Å². The van der Waals surface area contributed by atoms with Crippen molar-refractivity contribution in [1.29, 1.82) is 0 Å². The monoisotopic (exact) mass is 266 g/mol. The van der Waals surface area contributed by atoms with Gasteiger partial charge in [-0.25, -0.2) is 0 Å². The minimum Gasteiger partial charge on any atom is -0.394 e. The lowest BCUT2D eigenvalue weighted by Gasteiger charge is -2.36. The van der Waals surface area contributed by atoms with E-state index in [-0.39, 0.29) is 12.7 Å². The van der Waals surface area contributed by atoms with Crippen molar-refractivity contribution >= 4 is 0 Å². The molecule has 2 aliphatic heterocycles. The second-order valence-electron chi connectivity index (χ2n) is 5.16. The first-order valence-corrected chi connectivity index (χ1v) is 6.51. The van der Waals surface area contributed by atoms with E-state index in [1.54, 1.807) is 0 Å². The first-order valence-electron chi connectivity index (χ1n) is 6.51. The number of aliphatic hydroxyl groups excluding tert-OH is 3. The zero-order valence-corrected chi connectivity index (χ0v) is 10.5. The van der Waals surface area contributed by atoms with Crippen LogP contribution >= 0.6 is 0 Å². The van der Waals surface area contributed by atoms with E-state index in [0.29, 0.717) is 19.6 Å². The third kappa shape index (κ3) is 2.40. The SMILES string of the molecule is OC[C@H]1O[C@@H](c2ccc3c(c2)COC3)C[C@@H](O)[C@@H]1O. The number of hydrogen-bond acceptors (Lipinski definition) is 5. The molecule has 0 radical (unpaired) electrons. The molecule has 19 heavy (non-hydrogen) atoms. The second kappa shape index (κ2) is 5.19. The number of rotatable bonds is 2. The van der Waals surface area contributed by atoms with Crippen molar-refractivity contribution in [2.45, 2.75) is 44.1 Å². The van der Waals surface area contributed by atoms with Crippen LogP contribution in [0.5, 0.6) is 0 Å². The van der Waals surface area contributed by atoms with Crippen molar-refractivity contribution in [3.8, 4) is 0 Å². The number of aliphatic hydroxyl groups is 3. The fourth-order valence-corrected chi connectivity index (χ4v) is 2.71. The molecule has 3 N–H and O–H groups in total. The van der Waals surface area contributed by atoms with Gasteiger partial charge in [-0.05, 0) is 16.7 Å². The van der Waals surface area contributed by atoms with Gasteiger partial charge in [-0.15, -0.1) is 0 Å². The Hall–Kier alpha value is -0.980. The van der Waals surface area contributed by atoms with Crippen molar-refractivity contribution in [3.05, 3.63) is 34.9 Å². The van der Waals surface area contributed by atoms with Crippen LogP contribution in [0.1, 0.15) is 29.2 Å². The highest BCUT2D eigenvalue weighted by atomic mass is 16.5. The molecule has 0 unspecified atom stereocenters. The van der Waals surface area contributed by atoms with Crippen LogP contribution in [0.2, 0.25) is 0 Å². The van der Waals surface area contributed by atoms with Gasteiger partial charge in [-0.3, -0.25) is 0 Å². The van der Waals surface area contributed by atoms with E-state index in [9.17, 15) is 15.3 Å². The molecule has 1 fully saturated rings. The molecule has 0 saturated carbocycles. The van der Waals surface area contributed by atoms with Gasteiger partial charge in [0.15, 0.2) is 0 Å². The third-order valence-corrected chi connectivity index (χ3v) is 3.87. The Bertz CT molecular complexity index is 461. The lowest BCUT2D eigenvalue weighted by Crippen LogP contribution is -2.47. The highest BCUT2D eigenvalue weighted by molar-refractivity contribution is 5.34. The van der Waals surface area contributed by atoms with Crippen LogP contribution in [0.15, 0.2) is 18.2 Å². The van der Waals surface area contributed by atoms with Crippen LogP contribution in [-0.4, -0.2) is 40.2 Å². The summed E-state index contributed by atoms with van der Waals surface area (Å²) < 4.78 is 11.0. The zero-order chi connectivity index (χ0) is 13.4. The highest BCUT2D eigenvalue weighted by Crippen LogP contribution is 2.33. The Balaban J connectivity index is 1.82. The Morgan fingerprint density at radius 1 is 1.16 bits per heavy atom. The molecule has 0 aromatic heterocycles. The smallest absolute Gasteiger partial charge is 0.110 e. The third-order valence-electron chi connectivity index (χ3n) is 3.87. The summed E-state index contributed by atoms with van der Waals surface area (Å²) in [5.74, 6) is 0. The van der Waals surface area contributed by atoms with Crippen LogP contribution < -0.4 is 0 Å². The average Bonchev–Trinajstić information content (AvgIpc) is 2.89. The standard InChI is InChI=1S/C14H18O5/c15-5-13-14(17)11(16)4-12(19-13)8-1-2-9-6-18-7-10(9)3-8/h1-3,11-17H,4-7H2/t11-,12-,13-,14+/m1/s1. The van der Waals surface area contributed by atoms with E-state index in [1.807, 2.05) is 18.2 Å². The fraction of sp³-hybridized carbons (Fsp3) is 0.571. The van der Waals surface area contributed by atoms with E-state index in [1.165, 1.54) is 5.56 Å². The summed E-state index contributed by atoms with van der Waals surface area (Å²) in [5.41, 5.74) is 3.27. The van der Waals surface area contributed by atoms with Gasteiger partial charge >= 0.3 is 0 Å². The van der Waals surface area contributed by atoms with Crippen LogP contribution in [0.4, 0.5) is 0 Å². The zero-order valence-electron chi connectivity index (χ0n) is 10.5.